The van der Waals surface area contributed by atoms with Crippen LogP contribution in [-0.2, 0) is 25.5 Å². The molecular formula is C21H25N3O4. The Hall–Kier alpha value is -2.41. The van der Waals surface area contributed by atoms with E-state index < -0.39 is 0 Å². The van der Waals surface area contributed by atoms with Crippen LogP contribution in [0.1, 0.15) is 24.8 Å². The molecule has 1 atom stereocenters. The van der Waals surface area contributed by atoms with Crippen molar-refractivity contribution in [2.45, 2.75) is 25.7 Å². The first-order valence-electron chi connectivity index (χ1n) is 10.2. The Morgan fingerprint density at radius 2 is 1.79 bits per heavy atom. The van der Waals surface area contributed by atoms with Crippen molar-refractivity contribution in [2.75, 3.05) is 49.2 Å². The lowest BCUT2D eigenvalue weighted by Crippen LogP contribution is -2.44. The van der Waals surface area contributed by atoms with Crippen LogP contribution < -0.4 is 9.80 Å². The fourth-order valence-electron chi connectivity index (χ4n) is 4.50. The van der Waals surface area contributed by atoms with E-state index >= 15 is 0 Å². The van der Waals surface area contributed by atoms with Gasteiger partial charge in [-0.05, 0) is 43.0 Å². The van der Waals surface area contributed by atoms with Crippen LogP contribution in [0.25, 0.3) is 0 Å². The van der Waals surface area contributed by atoms with Gasteiger partial charge in [-0.3, -0.25) is 14.4 Å². The summed E-state index contributed by atoms with van der Waals surface area (Å²) in [7, 11) is 0. The highest BCUT2D eigenvalue weighted by atomic mass is 16.5. The minimum absolute atomic E-state index is 0.00420. The molecule has 3 amide bonds. The Bertz CT molecular complexity index is 829. The highest BCUT2D eigenvalue weighted by Gasteiger charge is 2.39. The molecule has 4 aliphatic rings. The van der Waals surface area contributed by atoms with E-state index in [2.05, 4.69) is 0 Å². The van der Waals surface area contributed by atoms with E-state index in [1.165, 1.54) is 0 Å². The predicted molar refractivity (Wildman–Crippen MR) is 103 cm³/mol. The fourth-order valence-corrected chi connectivity index (χ4v) is 4.50. The smallest absolute Gasteiger partial charge is 0.230 e. The molecule has 1 aromatic carbocycles. The molecular weight excluding hydrogens is 358 g/mol. The molecule has 3 heterocycles. The van der Waals surface area contributed by atoms with E-state index in [0.29, 0.717) is 32.8 Å². The van der Waals surface area contributed by atoms with Gasteiger partial charge >= 0.3 is 0 Å². The zero-order chi connectivity index (χ0) is 19.3. The third kappa shape index (κ3) is 3.07. The summed E-state index contributed by atoms with van der Waals surface area (Å²) in [6.07, 6.45) is 3.09. The summed E-state index contributed by atoms with van der Waals surface area (Å²) < 4.78 is 5.31. The van der Waals surface area contributed by atoms with Crippen molar-refractivity contribution in [2.24, 2.45) is 11.8 Å². The second-order valence-corrected chi connectivity index (χ2v) is 8.17. The van der Waals surface area contributed by atoms with E-state index in [0.717, 1.165) is 42.7 Å². The van der Waals surface area contributed by atoms with Crippen LogP contribution in [0.4, 0.5) is 11.4 Å². The molecule has 7 nitrogen and oxygen atoms in total. The van der Waals surface area contributed by atoms with Crippen LogP contribution >= 0.6 is 0 Å². The molecule has 1 unspecified atom stereocenters. The van der Waals surface area contributed by atoms with Crippen molar-refractivity contribution in [3.05, 3.63) is 23.8 Å². The third-order valence-electron chi connectivity index (χ3n) is 6.26. The molecule has 0 radical (unpaired) electrons. The predicted octanol–water partition coefficient (Wildman–Crippen LogP) is 1.20. The molecule has 3 aliphatic heterocycles. The molecule has 1 saturated carbocycles. The van der Waals surface area contributed by atoms with Gasteiger partial charge in [-0.2, -0.15) is 0 Å². The first kappa shape index (κ1) is 17.7. The molecule has 3 fully saturated rings. The first-order valence-corrected chi connectivity index (χ1v) is 10.2. The first-order chi connectivity index (χ1) is 13.6. The van der Waals surface area contributed by atoms with Gasteiger partial charge in [0.15, 0.2) is 0 Å². The van der Waals surface area contributed by atoms with Gasteiger partial charge in [0.2, 0.25) is 17.7 Å². The van der Waals surface area contributed by atoms with Crippen LogP contribution in [0, 0.1) is 11.8 Å². The van der Waals surface area contributed by atoms with Crippen molar-refractivity contribution in [1.82, 2.24) is 4.90 Å². The number of hydrogen-bond donors (Lipinski definition) is 0. The molecule has 28 heavy (non-hydrogen) atoms. The van der Waals surface area contributed by atoms with E-state index in [9.17, 15) is 14.4 Å². The number of nitrogens with zero attached hydrogens (tertiary/aromatic N) is 3. The number of ether oxygens (including phenoxy) is 1. The Morgan fingerprint density at radius 1 is 1.00 bits per heavy atom. The normalized spacial score (nSPS) is 24.6. The van der Waals surface area contributed by atoms with Crippen LogP contribution in [0.3, 0.4) is 0 Å². The summed E-state index contributed by atoms with van der Waals surface area (Å²) in [4.78, 5) is 43.2. The Kier molecular flexibility index (Phi) is 4.34. The molecule has 1 aliphatic carbocycles. The number of hydrogen-bond acceptors (Lipinski definition) is 4. The zero-order valence-corrected chi connectivity index (χ0v) is 15.9. The summed E-state index contributed by atoms with van der Waals surface area (Å²) >= 11 is 0. The molecule has 0 spiro atoms. The molecule has 148 valence electrons. The summed E-state index contributed by atoms with van der Waals surface area (Å²) in [5.41, 5.74) is 2.93. The van der Waals surface area contributed by atoms with E-state index in [-0.39, 0.29) is 36.0 Å². The minimum Gasteiger partial charge on any atom is -0.378 e. The molecule has 0 N–H and O–H groups in total. The largest absolute Gasteiger partial charge is 0.378 e. The number of carbonyl (C=O) groups excluding carboxylic acids is 3. The van der Waals surface area contributed by atoms with E-state index in [1.54, 1.807) is 4.90 Å². The highest BCUT2D eigenvalue weighted by Crippen LogP contribution is 2.38. The molecule has 7 heteroatoms. The van der Waals surface area contributed by atoms with Crippen molar-refractivity contribution >= 4 is 29.1 Å². The summed E-state index contributed by atoms with van der Waals surface area (Å²) in [6, 6.07) is 5.90. The third-order valence-corrected chi connectivity index (χ3v) is 6.26. The van der Waals surface area contributed by atoms with Gasteiger partial charge in [0, 0.05) is 49.9 Å². The lowest BCUT2D eigenvalue weighted by Gasteiger charge is -2.29. The molecule has 0 bridgehead atoms. The maximum Gasteiger partial charge on any atom is 0.230 e. The van der Waals surface area contributed by atoms with Crippen LogP contribution in [0.5, 0.6) is 0 Å². The van der Waals surface area contributed by atoms with E-state index in [4.69, 9.17) is 4.74 Å². The average molecular weight is 383 g/mol. The number of benzene rings is 1. The van der Waals surface area contributed by atoms with Crippen LogP contribution in [-0.4, -0.2) is 62.0 Å². The number of carbonyl (C=O) groups is 3. The van der Waals surface area contributed by atoms with Crippen LogP contribution in [0.2, 0.25) is 0 Å². The Morgan fingerprint density at radius 3 is 2.54 bits per heavy atom. The average Bonchev–Trinajstić information content (AvgIpc) is 3.38. The topological polar surface area (TPSA) is 70.2 Å². The number of amides is 3. The monoisotopic (exact) mass is 383 g/mol. The summed E-state index contributed by atoms with van der Waals surface area (Å²) in [6.45, 7) is 3.49. The molecule has 5 rings (SSSR count). The Labute approximate surface area is 164 Å². The van der Waals surface area contributed by atoms with Crippen LogP contribution in [0.15, 0.2) is 18.2 Å². The highest BCUT2D eigenvalue weighted by molar-refractivity contribution is 6.02. The number of anilines is 2. The maximum atomic E-state index is 12.7. The standard InChI is InChI=1S/C21H25N3O4/c25-19-12-16(20(26)22-7-9-28-10-8-22)13-24(19)17-3-4-18-15(11-17)5-6-23(18)21(27)14-1-2-14/h3-4,11,14,16H,1-2,5-10,12-13H2. The minimum atomic E-state index is -0.285. The number of fused-ring (bicyclic) bond motifs is 1. The fraction of sp³-hybridized carbons (Fsp3) is 0.571. The van der Waals surface area contributed by atoms with E-state index in [1.807, 2.05) is 28.0 Å². The maximum absolute atomic E-state index is 12.7. The van der Waals surface area contributed by atoms with Crippen molar-refractivity contribution < 1.29 is 19.1 Å². The molecule has 1 aromatic rings. The number of rotatable bonds is 3. The van der Waals surface area contributed by atoms with Crippen molar-refractivity contribution in [1.29, 1.82) is 0 Å². The van der Waals surface area contributed by atoms with Gasteiger partial charge in [-0.25, -0.2) is 0 Å². The summed E-state index contributed by atoms with van der Waals surface area (Å²) in [5, 5.41) is 0. The molecule has 2 saturated heterocycles. The second-order valence-electron chi connectivity index (χ2n) is 8.17. The Balaban J connectivity index is 1.30. The van der Waals surface area contributed by atoms with Gasteiger partial charge in [0.05, 0.1) is 19.1 Å². The van der Waals surface area contributed by atoms with Gasteiger partial charge in [-0.1, -0.05) is 0 Å². The zero-order valence-electron chi connectivity index (χ0n) is 15.9. The molecule has 0 aromatic heterocycles. The lowest BCUT2D eigenvalue weighted by molar-refractivity contribution is -0.139. The van der Waals surface area contributed by atoms with Gasteiger partial charge in [0.25, 0.3) is 0 Å². The SMILES string of the molecule is O=C(C1CC(=O)N(c2ccc3c(c2)CCN3C(=O)C2CC2)C1)N1CCOCC1. The van der Waals surface area contributed by atoms with Crippen molar-refractivity contribution in [3.63, 3.8) is 0 Å². The quantitative estimate of drug-likeness (QED) is 0.786. The summed E-state index contributed by atoms with van der Waals surface area (Å²) in [5.74, 6) is 0.210. The number of morpholine rings is 1. The lowest BCUT2D eigenvalue weighted by atomic mass is 10.1. The van der Waals surface area contributed by atoms with Gasteiger partial charge in [0.1, 0.15) is 0 Å². The van der Waals surface area contributed by atoms with Gasteiger partial charge < -0.3 is 19.4 Å². The van der Waals surface area contributed by atoms with Gasteiger partial charge in [-0.15, -0.1) is 0 Å². The van der Waals surface area contributed by atoms with Crippen molar-refractivity contribution in [3.8, 4) is 0 Å². The second kappa shape index (κ2) is 6.88.